The minimum absolute atomic E-state index is 0.106. The van der Waals surface area contributed by atoms with Crippen LogP contribution in [0.2, 0.25) is 0 Å². The number of hydrogen-bond acceptors (Lipinski definition) is 4. The van der Waals surface area contributed by atoms with Gasteiger partial charge in [-0.25, -0.2) is 13.4 Å². The van der Waals surface area contributed by atoms with Gasteiger partial charge in [-0.3, -0.25) is 4.98 Å². The molecule has 7 heteroatoms. The zero-order valence-corrected chi connectivity index (χ0v) is 13.3. The van der Waals surface area contributed by atoms with E-state index in [1.54, 1.807) is 16.7 Å². The van der Waals surface area contributed by atoms with E-state index in [2.05, 4.69) is 25.9 Å². The molecule has 1 fully saturated rings. The molecule has 0 saturated carbocycles. The summed E-state index contributed by atoms with van der Waals surface area (Å²) in [6, 6.07) is 0.106. The van der Waals surface area contributed by atoms with Gasteiger partial charge in [0, 0.05) is 18.8 Å². The summed E-state index contributed by atoms with van der Waals surface area (Å²) in [4.78, 5) is 8.41. The second-order valence-electron chi connectivity index (χ2n) is 4.89. The van der Waals surface area contributed by atoms with Crippen LogP contribution in [-0.4, -0.2) is 41.5 Å². The molecule has 0 aliphatic carbocycles. The SMILES string of the molecule is CS(=O)(=O)N1CCCC[C@H]1CCc1cnc(Br)cn1. The minimum atomic E-state index is -3.10. The van der Waals surface area contributed by atoms with Crippen LogP contribution in [0.15, 0.2) is 17.0 Å². The number of rotatable bonds is 4. The van der Waals surface area contributed by atoms with Crippen LogP contribution in [0.4, 0.5) is 0 Å². The van der Waals surface area contributed by atoms with Crippen molar-refractivity contribution in [2.75, 3.05) is 12.8 Å². The maximum absolute atomic E-state index is 11.7. The summed E-state index contributed by atoms with van der Waals surface area (Å²) in [6.07, 6.45) is 9.27. The number of sulfonamides is 1. The quantitative estimate of drug-likeness (QED) is 0.835. The highest BCUT2D eigenvalue weighted by atomic mass is 79.9. The first kappa shape index (κ1) is 14.9. The van der Waals surface area contributed by atoms with Crippen molar-refractivity contribution in [3.05, 3.63) is 22.7 Å². The lowest BCUT2D eigenvalue weighted by atomic mass is 10.00. The number of piperidine rings is 1. The van der Waals surface area contributed by atoms with E-state index in [0.717, 1.165) is 37.8 Å². The second-order valence-corrected chi connectivity index (χ2v) is 7.64. The number of hydrogen-bond donors (Lipinski definition) is 0. The monoisotopic (exact) mass is 347 g/mol. The van der Waals surface area contributed by atoms with Crippen LogP contribution in [0.25, 0.3) is 0 Å². The largest absolute Gasteiger partial charge is 0.257 e. The van der Waals surface area contributed by atoms with Crippen molar-refractivity contribution in [1.82, 2.24) is 14.3 Å². The van der Waals surface area contributed by atoms with Gasteiger partial charge in [0.05, 0.1) is 18.1 Å². The summed E-state index contributed by atoms with van der Waals surface area (Å²) in [5.41, 5.74) is 0.905. The van der Waals surface area contributed by atoms with Gasteiger partial charge in [-0.05, 0) is 41.6 Å². The summed E-state index contributed by atoms with van der Waals surface area (Å²) in [7, 11) is -3.10. The van der Waals surface area contributed by atoms with Crippen molar-refractivity contribution >= 4 is 26.0 Å². The molecule has 1 atom stereocenters. The Morgan fingerprint density at radius 3 is 2.79 bits per heavy atom. The van der Waals surface area contributed by atoms with Crippen molar-refractivity contribution < 1.29 is 8.42 Å². The molecule has 1 aliphatic rings. The maximum Gasteiger partial charge on any atom is 0.211 e. The summed E-state index contributed by atoms with van der Waals surface area (Å²) < 4.78 is 25.8. The van der Waals surface area contributed by atoms with E-state index >= 15 is 0 Å². The predicted molar refractivity (Wildman–Crippen MR) is 77.2 cm³/mol. The van der Waals surface area contributed by atoms with E-state index in [0.29, 0.717) is 11.1 Å². The van der Waals surface area contributed by atoms with Crippen molar-refractivity contribution in [2.24, 2.45) is 0 Å². The molecule has 2 heterocycles. The van der Waals surface area contributed by atoms with Crippen molar-refractivity contribution in [3.8, 4) is 0 Å². The first-order valence-electron chi connectivity index (χ1n) is 6.40. The first-order valence-corrected chi connectivity index (χ1v) is 9.04. The van der Waals surface area contributed by atoms with Gasteiger partial charge in [0.25, 0.3) is 0 Å². The van der Waals surface area contributed by atoms with Crippen LogP contribution in [0.3, 0.4) is 0 Å². The van der Waals surface area contributed by atoms with Gasteiger partial charge in [-0.2, -0.15) is 4.31 Å². The highest BCUT2D eigenvalue weighted by Gasteiger charge is 2.28. The Hall–Kier alpha value is -0.530. The summed E-state index contributed by atoms with van der Waals surface area (Å²) >= 11 is 3.25. The van der Waals surface area contributed by atoms with Gasteiger partial charge in [-0.15, -0.1) is 0 Å². The molecule has 1 aromatic heterocycles. The average Bonchev–Trinajstić information content (AvgIpc) is 2.37. The summed E-state index contributed by atoms with van der Waals surface area (Å²) in [6.45, 7) is 0.648. The van der Waals surface area contributed by atoms with Gasteiger partial charge in [0.2, 0.25) is 10.0 Å². The Morgan fingerprint density at radius 1 is 1.37 bits per heavy atom. The molecule has 106 valence electrons. The van der Waals surface area contributed by atoms with Gasteiger partial charge in [0.1, 0.15) is 4.60 Å². The van der Waals surface area contributed by atoms with Crippen LogP contribution < -0.4 is 0 Å². The van der Waals surface area contributed by atoms with E-state index < -0.39 is 10.0 Å². The van der Waals surface area contributed by atoms with Gasteiger partial charge < -0.3 is 0 Å². The zero-order chi connectivity index (χ0) is 13.9. The fraction of sp³-hybridized carbons (Fsp3) is 0.667. The van der Waals surface area contributed by atoms with Gasteiger partial charge >= 0.3 is 0 Å². The summed E-state index contributed by atoms with van der Waals surface area (Å²) in [5.74, 6) is 0. The Bertz CT molecular complexity index is 518. The molecule has 19 heavy (non-hydrogen) atoms. The van der Waals surface area contributed by atoms with E-state index in [1.807, 2.05) is 0 Å². The molecule has 1 saturated heterocycles. The third-order valence-electron chi connectivity index (χ3n) is 3.41. The highest BCUT2D eigenvalue weighted by molar-refractivity contribution is 9.10. The Balaban J connectivity index is 1.98. The first-order chi connectivity index (χ1) is 8.97. The zero-order valence-electron chi connectivity index (χ0n) is 10.9. The van der Waals surface area contributed by atoms with Crippen LogP contribution >= 0.6 is 15.9 Å². The average molecular weight is 348 g/mol. The molecule has 1 aromatic rings. The third kappa shape index (κ3) is 4.22. The molecule has 0 N–H and O–H groups in total. The van der Waals surface area contributed by atoms with Crippen LogP contribution in [0.1, 0.15) is 31.4 Å². The normalized spacial score (nSPS) is 21.5. The van der Waals surface area contributed by atoms with E-state index in [4.69, 9.17) is 0 Å². The maximum atomic E-state index is 11.7. The van der Waals surface area contributed by atoms with E-state index in [-0.39, 0.29) is 6.04 Å². The van der Waals surface area contributed by atoms with Gasteiger partial charge in [-0.1, -0.05) is 6.42 Å². The lowest BCUT2D eigenvalue weighted by molar-refractivity contribution is 0.242. The standard InChI is InChI=1S/C12H18BrN3O2S/c1-19(17,18)16-7-3-2-4-11(16)6-5-10-8-15-12(13)9-14-10/h8-9,11H,2-7H2,1H3/t11-/m0/s1. The molecule has 0 amide bonds. The molecular weight excluding hydrogens is 330 g/mol. The molecule has 5 nitrogen and oxygen atoms in total. The third-order valence-corrected chi connectivity index (χ3v) is 5.15. The number of halogens is 1. The highest BCUT2D eigenvalue weighted by Crippen LogP contribution is 2.23. The van der Waals surface area contributed by atoms with Crippen molar-refractivity contribution in [1.29, 1.82) is 0 Å². The molecule has 0 aromatic carbocycles. The van der Waals surface area contributed by atoms with E-state index in [1.165, 1.54) is 6.26 Å². The van der Waals surface area contributed by atoms with E-state index in [9.17, 15) is 8.42 Å². The Morgan fingerprint density at radius 2 is 2.16 bits per heavy atom. The predicted octanol–water partition coefficient (Wildman–Crippen LogP) is 1.99. The van der Waals surface area contributed by atoms with Crippen molar-refractivity contribution in [2.45, 2.75) is 38.1 Å². The topological polar surface area (TPSA) is 63.2 Å². The van der Waals surface area contributed by atoms with Crippen LogP contribution in [0, 0.1) is 0 Å². The number of aryl methyl sites for hydroxylation is 1. The second kappa shape index (κ2) is 6.28. The molecule has 0 spiro atoms. The fourth-order valence-corrected chi connectivity index (χ4v) is 3.90. The Kier molecular flexibility index (Phi) is 4.92. The number of aromatic nitrogens is 2. The Labute approximate surface area is 122 Å². The molecule has 0 unspecified atom stereocenters. The molecule has 0 bridgehead atoms. The van der Waals surface area contributed by atoms with Gasteiger partial charge in [0.15, 0.2) is 0 Å². The lowest BCUT2D eigenvalue weighted by Crippen LogP contribution is -2.43. The smallest absolute Gasteiger partial charge is 0.211 e. The molecule has 1 aliphatic heterocycles. The lowest BCUT2D eigenvalue weighted by Gasteiger charge is -2.33. The molecule has 0 radical (unpaired) electrons. The van der Waals surface area contributed by atoms with Crippen LogP contribution in [0.5, 0.6) is 0 Å². The summed E-state index contributed by atoms with van der Waals surface area (Å²) in [5, 5.41) is 0. The fourth-order valence-electron chi connectivity index (χ4n) is 2.48. The molecule has 2 rings (SSSR count). The molecular formula is C12H18BrN3O2S. The van der Waals surface area contributed by atoms with Crippen molar-refractivity contribution in [3.63, 3.8) is 0 Å². The van der Waals surface area contributed by atoms with Crippen LogP contribution in [-0.2, 0) is 16.4 Å². The number of nitrogens with zero attached hydrogens (tertiary/aromatic N) is 3. The minimum Gasteiger partial charge on any atom is -0.257 e.